The van der Waals surface area contributed by atoms with Gasteiger partial charge in [0, 0.05) is 10.6 Å². The van der Waals surface area contributed by atoms with Gasteiger partial charge in [-0.25, -0.2) is 4.79 Å². The highest BCUT2D eigenvalue weighted by Gasteiger charge is 2.18. The normalized spacial score (nSPS) is 10.4. The highest BCUT2D eigenvalue weighted by atomic mass is 35.5. The zero-order valence-corrected chi connectivity index (χ0v) is 11.0. The summed E-state index contributed by atoms with van der Waals surface area (Å²) in [6.07, 6.45) is 1.41. The number of carbonyl (C=O) groups is 1. The first kappa shape index (κ1) is 12.9. The van der Waals surface area contributed by atoms with Crippen molar-refractivity contribution >= 4 is 29.2 Å². The van der Waals surface area contributed by atoms with Crippen LogP contribution in [0, 0.1) is 0 Å². The number of esters is 1. The average molecular weight is 285 g/mol. The van der Waals surface area contributed by atoms with E-state index in [1.165, 1.54) is 6.20 Å². The molecule has 1 aromatic carbocycles. The van der Waals surface area contributed by atoms with Crippen LogP contribution >= 0.6 is 23.2 Å². The maximum absolute atomic E-state index is 11.7. The van der Waals surface area contributed by atoms with Crippen molar-refractivity contribution in [1.82, 2.24) is 10.2 Å². The minimum Gasteiger partial charge on any atom is -0.462 e. The first-order valence-corrected chi connectivity index (χ1v) is 6.05. The quantitative estimate of drug-likeness (QED) is 0.877. The fraction of sp³-hybridized carbons (Fsp3) is 0.167. The fourth-order valence-electron chi connectivity index (χ4n) is 1.54. The third kappa shape index (κ3) is 2.49. The maximum atomic E-state index is 11.7. The topological polar surface area (TPSA) is 55.0 Å². The summed E-state index contributed by atoms with van der Waals surface area (Å²) >= 11 is 12.0. The van der Waals surface area contributed by atoms with Crippen molar-refractivity contribution in [3.63, 3.8) is 0 Å². The van der Waals surface area contributed by atoms with E-state index in [1.54, 1.807) is 25.1 Å². The lowest BCUT2D eigenvalue weighted by Gasteiger charge is -2.05. The van der Waals surface area contributed by atoms with Gasteiger partial charge in [0.1, 0.15) is 5.56 Å². The number of nitrogens with one attached hydrogen (secondary N) is 1. The Hall–Kier alpha value is -1.52. The Balaban J connectivity index is 2.48. The zero-order valence-electron chi connectivity index (χ0n) is 9.54. The zero-order chi connectivity index (χ0) is 13.1. The molecule has 2 rings (SSSR count). The van der Waals surface area contributed by atoms with Crippen LogP contribution in [0.25, 0.3) is 11.3 Å². The van der Waals surface area contributed by atoms with Crippen molar-refractivity contribution < 1.29 is 9.53 Å². The number of ether oxygens (including phenoxy) is 1. The van der Waals surface area contributed by atoms with Crippen molar-refractivity contribution in [1.29, 1.82) is 0 Å². The predicted octanol–water partition coefficient (Wildman–Crippen LogP) is 3.56. The number of carbonyl (C=O) groups excluding carboxylic acids is 1. The van der Waals surface area contributed by atoms with Crippen LogP contribution in [0.1, 0.15) is 17.3 Å². The standard InChI is InChI=1S/C12H10Cl2N2O2/c1-2-18-12(17)9-6-15-16-11(9)8-5-7(13)3-4-10(8)14/h3-6H,2H2,1H3,(H,15,16). The molecule has 6 heteroatoms. The number of benzene rings is 1. The number of halogens is 2. The van der Waals surface area contributed by atoms with Crippen molar-refractivity contribution in [2.75, 3.05) is 6.61 Å². The Bertz CT molecular complexity index is 581. The summed E-state index contributed by atoms with van der Waals surface area (Å²) < 4.78 is 4.94. The van der Waals surface area contributed by atoms with Crippen LogP contribution in [-0.2, 0) is 4.74 Å². The monoisotopic (exact) mass is 284 g/mol. The summed E-state index contributed by atoms with van der Waals surface area (Å²) in [5.41, 5.74) is 1.45. The fourth-order valence-corrected chi connectivity index (χ4v) is 1.93. The van der Waals surface area contributed by atoms with Gasteiger partial charge in [-0.15, -0.1) is 0 Å². The molecular weight excluding hydrogens is 275 g/mol. The molecule has 1 aromatic heterocycles. The number of H-pyrrole nitrogens is 1. The summed E-state index contributed by atoms with van der Waals surface area (Å²) in [6.45, 7) is 2.04. The third-order valence-corrected chi connectivity index (χ3v) is 2.90. The van der Waals surface area contributed by atoms with Crippen LogP contribution in [0.5, 0.6) is 0 Å². The van der Waals surface area contributed by atoms with E-state index in [-0.39, 0.29) is 0 Å². The van der Waals surface area contributed by atoms with Crippen LogP contribution < -0.4 is 0 Å². The summed E-state index contributed by atoms with van der Waals surface area (Å²) in [5, 5.41) is 7.59. The molecule has 0 spiro atoms. The molecule has 0 bridgehead atoms. The van der Waals surface area contributed by atoms with Crippen molar-refractivity contribution in [3.8, 4) is 11.3 Å². The van der Waals surface area contributed by atoms with Gasteiger partial charge in [0.15, 0.2) is 0 Å². The van der Waals surface area contributed by atoms with Gasteiger partial charge in [-0.05, 0) is 25.1 Å². The minimum atomic E-state index is -0.447. The van der Waals surface area contributed by atoms with Crippen LogP contribution in [-0.4, -0.2) is 22.8 Å². The molecule has 1 N–H and O–H groups in total. The van der Waals surface area contributed by atoms with Crippen LogP contribution in [0.2, 0.25) is 10.0 Å². The van der Waals surface area contributed by atoms with Crippen LogP contribution in [0.3, 0.4) is 0 Å². The molecule has 0 aliphatic heterocycles. The molecule has 0 saturated carbocycles. The van der Waals surface area contributed by atoms with Gasteiger partial charge in [0.05, 0.1) is 23.5 Å². The number of nitrogens with zero attached hydrogens (tertiary/aromatic N) is 1. The van der Waals surface area contributed by atoms with E-state index in [0.29, 0.717) is 33.5 Å². The SMILES string of the molecule is CCOC(=O)c1cn[nH]c1-c1cc(Cl)ccc1Cl. The molecule has 0 saturated heterocycles. The van der Waals surface area contributed by atoms with E-state index in [9.17, 15) is 4.79 Å². The molecule has 0 fully saturated rings. The Morgan fingerprint density at radius 2 is 2.22 bits per heavy atom. The number of hydrogen-bond donors (Lipinski definition) is 1. The Kier molecular flexibility index (Phi) is 3.89. The van der Waals surface area contributed by atoms with Crippen LogP contribution in [0.15, 0.2) is 24.4 Å². The Morgan fingerprint density at radius 1 is 1.44 bits per heavy atom. The van der Waals surface area contributed by atoms with Gasteiger partial charge in [0.2, 0.25) is 0 Å². The second kappa shape index (κ2) is 5.42. The average Bonchev–Trinajstić information content (AvgIpc) is 2.81. The van der Waals surface area contributed by atoms with Gasteiger partial charge in [-0.1, -0.05) is 23.2 Å². The molecule has 2 aromatic rings. The molecule has 4 nitrogen and oxygen atoms in total. The van der Waals surface area contributed by atoms with Crippen molar-refractivity contribution in [2.24, 2.45) is 0 Å². The molecule has 0 unspecified atom stereocenters. The maximum Gasteiger partial charge on any atom is 0.341 e. The third-order valence-electron chi connectivity index (χ3n) is 2.33. The van der Waals surface area contributed by atoms with Gasteiger partial charge in [0.25, 0.3) is 0 Å². The smallest absolute Gasteiger partial charge is 0.341 e. The summed E-state index contributed by atoms with van der Waals surface area (Å²) in [6, 6.07) is 5.00. The molecule has 94 valence electrons. The first-order chi connectivity index (χ1) is 8.63. The number of aromatic nitrogens is 2. The Morgan fingerprint density at radius 3 is 2.94 bits per heavy atom. The molecule has 0 aliphatic carbocycles. The highest BCUT2D eigenvalue weighted by molar-refractivity contribution is 6.35. The number of hydrogen-bond acceptors (Lipinski definition) is 3. The van der Waals surface area contributed by atoms with E-state index in [2.05, 4.69) is 10.2 Å². The van der Waals surface area contributed by atoms with Gasteiger partial charge in [-0.3, -0.25) is 5.10 Å². The molecule has 1 heterocycles. The molecule has 0 amide bonds. The largest absolute Gasteiger partial charge is 0.462 e. The Labute approximate surface area is 114 Å². The van der Waals surface area contributed by atoms with E-state index in [0.717, 1.165) is 0 Å². The highest BCUT2D eigenvalue weighted by Crippen LogP contribution is 2.31. The minimum absolute atomic E-state index is 0.298. The van der Waals surface area contributed by atoms with Gasteiger partial charge < -0.3 is 4.74 Å². The second-order valence-electron chi connectivity index (χ2n) is 3.50. The van der Waals surface area contributed by atoms with E-state index in [1.807, 2.05) is 0 Å². The summed E-state index contributed by atoms with van der Waals surface area (Å²) in [5.74, 6) is -0.447. The van der Waals surface area contributed by atoms with E-state index >= 15 is 0 Å². The first-order valence-electron chi connectivity index (χ1n) is 5.29. The van der Waals surface area contributed by atoms with Gasteiger partial charge >= 0.3 is 5.97 Å². The molecule has 0 aliphatic rings. The van der Waals surface area contributed by atoms with Crippen molar-refractivity contribution in [2.45, 2.75) is 6.92 Å². The lowest BCUT2D eigenvalue weighted by atomic mass is 10.1. The van der Waals surface area contributed by atoms with E-state index in [4.69, 9.17) is 27.9 Å². The molecular formula is C12H10Cl2N2O2. The van der Waals surface area contributed by atoms with Gasteiger partial charge in [-0.2, -0.15) is 5.10 Å². The predicted molar refractivity (Wildman–Crippen MR) is 70.0 cm³/mol. The molecule has 18 heavy (non-hydrogen) atoms. The summed E-state index contributed by atoms with van der Waals surface area (Å²) in [4.78, 5) is 11.7. The van der Waals surface area contributed by atoms with Crippen LogP contribution in [0.4, 0.5) is 0 Å². The van der Waals surface area contributed by atoms with E-state index < -0.39 is 5.97 Å². The lowest BCUT2D eigenvalue weighted by Crippen LogP contribution is -2.05. The lowest BCUT2D eigenvalue weighted by molar-refractivity contribution is 0.0527. The number of rotatable bonds is 3. The molecule has 0 atom stereocenters. The molecule has 0 radical (unpaired) electrons. The second-order valence-corrected chi connectivity index (χ2v) is 4.35. The van der Waals surface area contributed by atoms with Crippen molar-refractivity contribution in [3.05, 3.63) is 40.0 Å². The number of aromatic amines is 1. The summed E-state index contributed by atoms with van der Waals surface area (Å²) in [7, 11) is 0.